The lowest BCUT2D eigenvalue weighted by Gasteiger charge is -2.15. The summed E-state index contributed by atoms with van der Waals surface area (Å²) in [5, 5.41) is 0. The van der Waals surface area contributed by atoms with Crippen LogP contribution in [0.1, 0.15) is 34.3 Å². The molecule has 0 atom stereocenters. The van der Waals surface area contributed by atoms with Crippen LogP contribution in [0.2, 0.25) is 0 Å². The van der Waals surface area contributed by atoms with Crippen LogP contribution in [0, 0.1) is 6.92 Å². The molecule has 2 aromatic carbocycles. The van der Waals surface area contributed by atoms with Crippen molar-refractivity contribution in [3.8, 4) is 22.9 Å². The summed E-state index contributed by atoms with van der Waals surface area (Å²) in [7, 11) is 0. The molecule has 124 valence electrons. The summed E-state index contributed by atoms with van der Waals surface area (Å²) < 4.78 is 5.76. The van der Waals surface area contributed by atoms with Crippen LogP contribution in [0.25, 0.3) is 11.1 Å². The molecule has 0 saturated heterocycles. The Balaban J connectivity index is 1.53. The van der Waals surface area contributed by atoms with Gasteiger partial charge in [-0.25, -0.2) is 9.97 Å². The summed E-state index contributed by atoms with van der Waals surface area (Å²) in [6.45, 7) is 2.06. The van der Waals surface area contributed by atoms with Crippen molar-refractivity contribution in [2.45, 2.75) is 26.2 Å². The summed E-state index contributed by atoms with van der Waals surface area (Å²) >= 11 is 0. The summed E-state index contributed by atoms with van der Waals surface area (Å²) in [5.74, 6) is 0.878. The molecule has 0 amide bonds. The van der Waals surface area contributed by atoms with E-state index in [2.05, 4.69) is 41.2 Å². The number of ether oxygens (including phenoxy) is 1. The van der Waals surface area contributed by atoms with Gasteiger partial charge in [0.15, 0.2) is 5.78 Å². The Kier molecular flexibility index (Phi) is 4.02. The first kappa shape index (κ1) is 15.5. The third kappa shape index (κ3) is 3.29. The number of hydrogen-bond donors (Lipinski definition) is 0. The average molecular weight is 330 g/mol. The first-order valence-corrected chi connectivity index (χ1v) is 8.42. The Morgan fingerprint density at radius 2 is 1.68 bits per heavy atom. The van der Waals surface area contributed by atoms with E-state index >= 15 is 0 Å². The Bertz CT molecular complexity index is 916. The Morgan fingerprint density at radius 3 is 2.44 bits per heavy atom. The van der Waals surface area contributed by atoms with Gasteiger partial charge in [-0.3, -0.25) is 4.79 Å². The topological polar surface area (TPSA) is 52.1 Å². The minimum absolute atomic E-state index is 0.214. The first-order valence-electron chi connectivity index (χ1n) is 8.42. The molecule has 1 heterocycles. The van der Waals surface area contributed by atoms with Gasteiger partial charge in [-0.2, -0.15) is 0 Å². The predicted octanol–water partition coefficient (Wildman–Crippen LogP) is 4.76. The maximum Gasteiger partial charge on any atom is 0.321 e. The quantitative estimate of drug-likeness (QED) is 0.694. The van der Waals surface area contributed by atoms with E-state index in [0.717, 1.165) is 35.1 Å². The predicted molar refractivity (Wildman–Crippen MR) is 96.0 cm³/mol. The largest absolute Gasteiger partial charge is 0.424 e. The lowest BCUT2D eigenvalue weighted by Crippen LogP contribution is -2.10. The summed E-state index contributed by atoms with van der Waals surface area (Å²) in [4.78, 5) is 20.5. The van der Waals surface area contributed by atoms with Gasteiger partial charge in [-0.15, -0.1) is 0 Å². The molecule has 1 aliphatic carbocycles. The number of ketones is 1. The molecule has 0 unspecified atom stereocenters. The zero-order chi connectivity index (χ0) is 17.2. The van der Waals surface area contributed by atoms with E-state index < -0.39 is 0 Å². The third-order valence-corrected chi connectivity index (χ3v) is 4.45. The lowest BCUT2D eigenvalue weighted by atomic mass is 9.91. The second kappa shape index (κ2) is 6.48. The molecule has 4 heteroatoms. The summed E-state index contributed by atoms with van der Waals surface area (Å²) in [5.41, 5.74) is 5.10. The van der Waals surface area contributed by atoms with Crippen LogP contribution in [0.3, 0.4) is 0 Å². The van der Waals surface area contributed by atoms with Gasteiger partial charge >= 0.3 is 6.01 Å². The van der Waals surface area contributed by atoms with E-state index in [9.17, 15) is 4.79 Å². The minimum Gasteiger partial charge on any atom is -0.424 e. The van der Waals surface area contributed by atoms with Crippen molar-refractivity contribution in [1.29, 1.82) is 0 Å². The fourth-order valence-corrected chi connectivity index (χ4v) is 3.06. The zero-order valence-electron chi connectivity index (χ0n) is 14.0. The molecule has 0 fully saturated rings. The summed E-state index contributed by atoms with van der Waals surface area (Å²) in [6.07, 6.45) is 5.96. The van der Waals surface area contributed by atoms with Gasteiger partial charge in [0, 0.05) is 29.9 Å². The van der Waals surface area contributed by atoms with Crippen molar-refractivity contribution in [3.63, 3.8) is 0 Å². The van der Waals surface area contributed by atoms with Crippen molar-refractivity contribution in [3.05, 3.63) is 71.5 Å². The standard InChI is InChI=1S/C21H18N2O2/c1-14-5-7-15(8-6-14)17-12-22-21(23-13-17)25-18-9-10-19-16(11-18)3-2-4-20(19)24/h5-13H,2-4H2,1H3. The van der Waals surface area contributed by atoms with Gasteiger partial charge in [-0.1, -0.05) is 29.8 Å². The molecule has 0 aliphatic heterocycles. The van der Waals surface area contributed by atoms with Crippen molar-refractivity contribution >= 4 is 5.78 Å². The number of hydrogen-bond acceptors (Lipinski definition) is 4. The SMILES string of the molecule is Cc1ccc(-c2cnc(Oc3ccc4c(c3)CCCC4=O)nc2)cc1. The lowest BCUT2D eigenvalue weighted by molar-refractivity contribution is 0.0972. The van der Waals surface area contributed by atoms with Gasteiger partial charge in [0.1, 0.15) is 5.75 Å². The highest BCUT2D eigenvalue weighted by molar-refractivity contribution is 5.98. The molecular formula is C21H18N2O2. The molecule has 4 nitrogen and oxygen atoms in total. The normalized spacial score (nSPS) is 13.4. The fraction of sp³-hybridized carbons (Fsp3) is 0.190. The van der Waals surface area contributed by atoms with E-state index in [4.69, 9.17) is 4.74 Å². The molecule has 3 aromatic rings. The number of rotatable bonds is 3. The average Bonchev–Trinajstić information content (AvgIpc) is 2.63. The number of carbonyl (C=O) groups excluding carboxylic acids is 1. The maximum atomic E-state index is 11.9. The van der Waals surface area contributed by atoms with E-state index in [1.165, 1.54) is 5.56 Å². The van der Waals surface area contributed by atoms with Crippen molar-refractivity contribution < 1.29 is 9.53 Å². The van der Waals surface area contributed by atoms with Gasteiger partial charge < -0.3 is 4.74 Å². The van der Waals surface area contributed by atoms with E-state index in [1.54, 1.807) is 18.5 Å². The molecule has 0 bridgehead atoms. The molecule has 1 aromatic heterocycles. The van der Waals surface area contributed by atoms with E-state index in [0.29, 0.717) is 18.2 Å². The monoisotopic (exact) mass is 330 g/mol. The van der Waals surface area contributed by atoms with Crippen LogP contribution in [0.4, 0.5) is 0 Å². The molecule has 0 radical (unpaired) electrons. The van der Waals surface area contributed by atoms with E-state index in [1.807, 2.05) is 12.1 Å². The van der Waals surface area contributed by atoms with Crippen LogP contribution in [-0.4, -0.2) is 15.8 Å². The summed E-state index contributed by atoms with van der Waals surface area (Å²) in [6, 6.07) is 14.1. The van der Waals surface area contributed by atoms with Crippen LogP contribution in [-0.2, 0) is 6.42 Å². The third-order valence-electron chi connectivity index (χ3n) is 4.45. The first-order chi connectivity index (χ1) is 12.2. The smallest absolute Gasteiger partial charge is 0.321 e. The number of aromatic nitrogens is 2. The van der Waals surface area contributed by atoms with E-state index in [-0.39, 0.29) is 5.78 Å². The van der Waals surface area contributed by atoms with Gasteiger partial charge in [0.05, 0.1) is 0 Å². The molecule has 1 aliphatic rings. The number of aryl methyl sites for hydroxylation is 2. The van der Waals surface area contributed by atoms with Gasteiger partial charge in [0.2, 0.25) is 0 Å². The number of Topliss-reactive ketones (excluding diaryl/α,β-unsaturated/α-hetero) is 1. The number of fused-ring (bicyclic) bond motifs is 1. The van der Waals surface area contributed by atoms with Gasteiger partial charge in [0.25, 0.3) is 0 Å². The highest BCUT2D eigenvalue weighted by Gasteiger charge is 2.17. The number of nitrogens with zero attached hydrogens (tertiary/aromatic N) is 2. The minimum atomic E-state index is 0.214. The van der Waals surface area contributed by atoms with Gasteiger partial charge in [-0.05, 0) is 49.1 Å². The van der Waals surface area contributed by atoms with Crippen LogP contribution < -0.4 is 4.74 Å². The Hall–Kier alpha value is -3.01. The Labute approximate surface area is 146 Å². The molecule has 0 spiro atoms. The zero-order valence-corrected chi connectivity index (χ0v) is 14.0. The Morgan fingerprint density at radius 1 is 0.920 bits per heavy atom. The molecular weight excluding hydrogens is 312 g/mol. The number of carbonyl (C=O) groups is 1. The number of benzene rings is 2. The molecule has 0 saturated carbocycles. The highest BCUT2D eigenvalue weighted by atomic mass is 16.5. The molecule has 25 heavy (non-hydrogen) atoms. The molecule has 0 N–H and O–H groups in total. The second-order valence-corrected chi connectivity index (χ2v) is 6.32. The van der Waals surface area contributed by atoms with Crippen molar-refractivity contribution in [2.75, 3.05) is 0 Å². The fourth-order valence-electron chi connectivity index (χ4n) is 3.06. The van der Waals surface area contributed by atoms with Crippen LogP contribution >= 0.6 is 0 Å². The van der Waals surface area contributed by atoms with Crippen LogP contribution in [0.5, 0.6) is 11.8 Å². The highest BCUT2D eigenvalue weighted by Crippen LogP contribution is 2.27. The van der Waals surface area contributed by atoms with Crippen LogP contribution in [0.15, 0.2) is 54.9 Å². The van der Waals surface area contributed by atoms with Crippen molar-refractivity contribution in [1.82, 2.24) is 9.97 Å². The second-order valence-electron chi connectivity index (χ2n) is 6.32. The molecule has 4 rings (SSSR count). The maximum absolute atomic E-state index is 11.9. The van der Waals surface area contributed by atoms with Crippen molar-refractivity contribution in [2.24, 2.45) is 0 Å².